The average molecular weight is 430 g/mol. The fourth-order valence-corrected chi connectivity index (χ4v) is 3.62. The number of rotatable bonds is 4. The Morgan fingerprint density at radius 3 is 2.28 bits per heavy atom. The fraction of sp³-hybridized carbons (Fsp3) is 0.273. The molecule has 2 aromatic rings. The van der Waals surface area contributed by atoms with Crippen molar-refractivity contribution in [2.75, 3.05) is 0 Å². The number of allylic oxidation sites excluding steroid dienone is 1. The maximum Gasteiger partial charge on any atom is 0.319 e. The van der Waals surface area contributed by atoms with Crippen LogP contribution in [0.2, 0.25) is 10.0 Å². The second-order valence-electron chi connectivity index (χ2n) is 7.74. The highest BCUT2D eigenvalue weighted by molar-refractivity contribution is 6.35. The molecule has 29 heavy (non-hydrogen) atoms. The summed E-state index contributed by atoms with van der Waals surface area (Å²) in [7, 11) is 0. The van der Waals surface area contributed by atoms with E-state index in [1.165, 1.54) is 0 Å². The average Bonchev–Trinajstić information content (AvgIpc) is 2.67. The number of hydrogen-bond donors (Lipinski definition) is 2. The number of hydrogen-bond acceptors (Lipinski definition) is 3. The Hall–Kier alpha value is -2.68. The highest BCUT2D eigenvalue weighted by atomic mass is 35.5. The van der Waals surface area contributed by atoms with Gasteiger partial charge in [0.2, 0.25) is 0 Å². The lowest BCUT2D eigenvalue weighted by atomic mass is 9.84. The van der Waals surface area contributed by atoms with E-state index in [1.54, 1.807) is 30.3 Å². The predicted molar refractivity (Wildman–Crippen MR) is 114 cm³/mol. The van der Waals surface area contributed by atoms with Gasteiger partial charge in [-0.25, -0.2) is 4.79 Å². The van der Waals surface area contributed by atoms with Gasteiger partial charge in [-0.15, -0.1) is 0 Å². The van der Waals surface area contributed by atoms with Gasteiger partial charge in [-0.3, -0.25) is 0 Å². The zero-order chi connectivity index (χ0) is 21.2. The van der Waals surface area contributed by atoms with E-state index < -0.39 is 6.04 Å². The number of carbonyl (C=O) groups is 1. The molecule has 7 heteroatoms. The summed E-state index contributed by atoms with van der Waals surface area (Å²) in [6, 6.07) is 13.9. The van der Waals surface area contributed by atoms with Crippen LogP contribution in [0.25, 0.3) is 0 Å². The van der Waals surface area contributed by atoms with Crippen LogP contribution in [0.15, 0.2) is 53.7 Å². The Labute approximate surface area is 180 Å². The maximum absolute atomic E-state index is 12.1. The Morgan fingerprint density at radius 1 is 1.10 bits per heavy atom. The number of nitrogens with one attached hydrogen (secondary N) is 2. The Bertz CT molecular complexity index is 982. The minimum absolute atomic E-state index is 0.236. The molecule has 2 amide bonds. The quantitative estimate of drug-likeness (QED) is 0.649. The number of amides is 2. The molecular formula is C22H21Cl2N3O2. The molecule has 2 aromatic carbocycles. The monoisotopic (exact) mass is 429 g/mol. The van der Waals surface area contributed by atoms with E-state index in [-0.39, 0.29) is 18.1 Å². The number of benzene rings is 2. The van der Waals surface area contributed by atoms with Gasteiger partial charge in [0.25, 0.3) is 0 Å². The smallest absolute Gasteiger partial charge is 0.319 e. The third kappa shape index (κ3) is 4.67. The highest BCUT2D eigenvalue weighted by Gasteiger charge is 2.33. The molecule has 0 bridgehead atoms. The molecule has 0 aliphatic carbocycles. The lowest BCUT2D eigenvalue weighted by molar-refractivity contribution is 0.235. The summed E-state index contributed by atoms with van der Waals surface area (Å²) in [5.74, 6) is 0.628. The first kappa shape index (κ1) is 21.0. The van der Waals surface area contributed by atoms with Gasteiger partial charge in [-0.1, -0.05) is 62.2 Å². The number of urea groups is 1. The summed E-state index contributed by atoms with van der Waals surface area (Å²) in [6.07, 6.45) is 0. The maximum atomic E-state index is 12.1. The molecule has 1 heterocycles. The van der Waals surface area contributed by atoms with Crippen LogP contribution in [0.1, 0.15) is 37.9 Å². The first-order valence-electron chi connectivity index (χ1n) is 9.08. The number of nitriles is 1. The van der Waals surface area contributed by atoms with E-state index >= 15 is 0 Å². The second kappa shape index (κ2) is 8.36. The number of ether oxygens (including phenoxy) is 1. The number of nitrogens with zero attached hydrogens (tertiary/aromatic N) is 1. The SMILES string of the molecule is CC(C)(C)C1=C(C#N)[C@H](c2ccc(OCc3c(Cl)cccc3Cl)cc2)NC(=O)N1. The van der Waals surface area contributed by atoms with Crippen molar-refractivity contribution in [2.45, 2.75) is 33.4 Å². The summed E-state index contributed by atoms with van der Waals surface area (Å²) < 4.78 is 5.80. The Kier molecular flexibility index (Phi) is 6.07. The van der Waals surface area contributed by atoms with E-state index in [1.807, 2.05) is 32.9 Å². The van der Waals surface area contributed by atoms with E-state index in [0.29, 0.717) is 27.1 Å². The number of carbonyl (C=O) groups excluding carboxylic acids is 1. The Morgan fingerprint density at radius 2 is 1.72 bits per heavy atom. The van der Waals surface area contributed by atoms with Crippen molar-refractivity contribution in [2.24, 2.45) is 5.41 Å². The third-order valence-corrected chi connectivity index (χ3v) is 5.31. The molecule has 5 nitrogen and oxygen atoms in total. The zero-order valence-corrected chi connectivity index (χ0v) is 17.9. The molecular weight excluding hydrogens is 409 g/mol. The fourth-order valence-electron chi connectivity index (χ4n) is 3.11. The number of halogens is 2. The summed E-state index contributed by atoms with van der Waals surface area (Å²) in [6.45, 7) is 6.11. The molecule has 150 valence electrons. The van der Waals surface area contributed by atoms with Crippen molar-refractivity contribution in [3.8, 4) is 11.8 Å². The summed E-state index contributed by atoms with van der Waals surface area (Å²) in [4.78, 5) is 12.1. The molecule has 1 atom stereocenters. The van der Waals surface area contributed by atoms with E-state index in [2.05, 4.69) is 16.7 Å². The van der Waals surface area contributed by atoms with Crippen LogP contribution >= 0.6 is 23.2 Å². The standard InChI is InChI=1S/C22H21Cl2N3O2/c1-22(2,3)20-15(11-25)19(26-21(28)27-20)13-7-9-14(10-8-13)29-12-16-17(23)5-4-6-18(16)24/h4-10,19H,12H2,1-3H3,(H2,26,27,28)/t19-/m0/s1. The van der Waals surface area contributed by atoms with Crippen LogP contribution in [0.5, 0.6) is 5.75 Å². The zero-order valence-electron chi connectivity index (χ0n) is 16.3. The van der Waals surface area contributed by atoms with E-state index in [9.17, 15) is 10.1 Å². The van der Waals surface area contributed by atoms with Crippen LogP contribution in [-0.2, 0) is 6.61 Å². The van der Waals surface area contributed by atoms with Crippen molar-refractivity contribution in [3.63, 3.8) is 0 Å². The molecule has 0 fully saturated rings. The Balaban J connectivity index is 1.82. The highest BCUT2D eigenvalue weighted by Crippen LogP contribution is 2.35. The van der Waals surface area contributed by atoms with Crippen LogP contribution in [-0.4, -0.2) is 6.03 Å². The molecule has 1 aliphatic rings. The van der Waals surface area contributed by atoms with Gasteiger partial charge in [-0.05, 0) is 29.8 Å². The van der Waals surface area contributed by atoms with Crippen LogP contribution in [0.4, 0.5) is 4.79 Å². The molecule has 0 spiro atoms. The lowest BCUT2D eigenvalue weighted by Gasteiger charge is -2.33. The first-order valence-corrected chi connectivity index (χ1v) is 9.84. The van der Waals surface area contributed by atoms with Crippen molar-refractivity contribution in [3.05, 3.63) is 74.9 Å². The molecule has 0 radical (unpaired) electrons. The predicted octanol–water partition coefficient (Wildman–Crippen LogP) is 5.75. The second-order valence-corrected chi connectivity index (χ2v) is 8.55. The van der Waals surface area contributed by atoms with Crippen molar-refractivity contribution in [1.29, 1.82) is 5.26 Å². The molecule has 1 aliphatic heterocycles. The molecule has 2 N–H and O–H groups in total. The molecule has 0 saturated carbocycles. The normalized spacial score (nSPS) is 16.7. The van der Waals surface area contributed by atoms with Crippen molar-refractivity contribution in [1.82, 2.24) is 10.6 Å². The molecule has 0 saturated heterocycles. The van der Waals surface area contributed by atoms with Gasteiger partial charge in [0.15, 0.2) is 0 Å². The minimum Gasteiger partial charge on any atom is -0.489 e. The minimum atomic E-state index is -0.518. The molecule has 0 aromatic heterocycles. The van der Waals surface area contributed by atoms with Crippen LogP contribution in [0, 0.1) is 16.7 Å². The van der Waals surface area contributed by atoms with Crippen molar-refractivity contribution < 1.29 is 9.53 Å². The van der Waals surface area contributed by atoms with Crippen LogP contribution < -0.4 is 15.4 Å². The summed E-state index contributed by atoms with van der Waals surface area (Å²) >= 11 is 12.3. The lowest BCUT2D eigenvalue weighted by Crippen LogP contribution is -2.46. The van der Waals surface area contributed by atoms with Gasteiger partial charge in [-0.2, -0.15) is 5.26 Å². The topological polar surface area (TPSA) is 74.1 Å². The van der Waals surface area contributed by atoms with E-state index in [0.717, 1.165) is 11.1 Å². The van der Waals surface area contributed by atoms with Gasteiger partial charge < -0.3 is 15.4 Å². The van der Waals surface area contributed by atoms with Crippen molar-refractivity contribution >= 4 is 29.2 Å². The van der Waals surface area contributed by atoms with Gasteiger partial charge in [0.1, 0.15) is 12.4 Å². The van der Waals surface area contributed by atoms with Gasteiger partial charge >= 0.3 is 6.03 Å². The summed E-state index contributed by atoms with van der Waals surface area (Å²) in [5.41, 5.74) is 2.27. The molecule has 3 rings (SSSR count). The van der Waals surface area contributed by atoms with Gasteiger partial charge in [0.05, 0.1) is 17.7 Å². The summed E-state index contributed by atoms with van der Waals surface area (Å²) in [5, 5.41) is 16.4. The van der Waals surface area contributed by atoms with E-state index in [4.69, 9.17) is 27.9 Å². The molecule has 0 unspecified atom stereocenters. The third-order valence-electron chi connectivity index (χ3n) is 4.60. The van der Waals surface area contributed by atoms with Crippen LogP contribution in [0.3, 0.4) is 0 Å². The first-order chi connectivity index (χ1) is 13.7. The largest absolute Gasteiger partial charge is 0.489 e. The van der Waals surface area contributed by atoms with Gasteiger partial charge in [0, 0.05) is 26.7 Å².